The molecule has 0 aliphatic rings. The fourth-order valence-corrected chi connectivity index (χ4v) is 3.26. The van der Waals surface area contributed by atoms with Gasteiger partial charge in [0.25, 0.3) is 0 Å². The Hall–Kier alpha value is 0. The SMILES string of the molecule is CCCCC(CC)(CC)CCCCC(CC)CC. The highest BCUT2D eigenvalue weighted by atomic mass is 14.3. The zero-order chi connectivity index (χ0) is 13.9. The second-order valence-corrected chi connectivity index (χ2v) is 6.24. The van der Waals surface area contributed by atoms with Crippen molar-refractivity contribution in [1.82, 2.24) is 0 Å². The van der Waals surface area contributed by atoms with Crippen molar-refractivity contribution in [2.75, 3.05) is 0 Å². The highest BCUT2D eigenvalue weighted by molar-refractivity contribution is 4.76. The molecule has 0 N–H and O–H groups in total. The Bertz CT molecular complexity index is 163. The Morgan fingerprint density at radius 2 is 1.28 bits per heavy atom. The lowest BCUT2D eigenvalue weighted by molar-refractivity contribution is 0.202. The summed E-state index contributed by atoms with van der Waals surface area (Å²) in [6, 6.07) is 0. The molecule has 0 aromatic rings. The first kappa shape index (κ1) is 18.0. The van der Waals surface area contributed by atoms with E-state index in [-0.39, 0.29) is 0 Å². The predicted molar refractivity (Wildman–Crippen MR) is 85.1 cm³/mol. The van der Waals surface area contributed by atoms with Crippen LogP contribution in [0.25, 0.3) is 0 Å². The van der Waals surface area contributed by atoms with Gasteiger partial charge >= 0.3 is 0 Å². The fourth-order valence-electron chi connectivity index (χ4n) is 3.26. The maximum Gasteiger partial charge on any atom is -0.0303 e. The molecule has 0 amide bonds. The van der Waals surface area contributed by atoms with Crippen LogP contribution in [-0.2, 0) is 0 Å². The molecule has 0 spiro atoms. The lowest BCUT2D eigenvalue weighted by Crippen LogP contribution is -2.19. The maximum absolute atomic E-state index is 2.40. The van der Waals surface area contributed by atoms with Gasteiger partial charge in [-0.25, -0.2) is 0 Å². The van der Waals surface area contributed by atoms with E-state index in [0.717, 1.165) is 5.92 Å². The number of hydrogen-bond donors (Lipinski definition) is 0. The van der Waals surface area contributed by atoms with Crippen LogP contribution in [0.1, 0.15) is 105 Å². The van der Waals surface area contributed by atoms with Crippen LogP contribution in [0, 0.1) is 11.3 Å². The quantitative estimate of drug-likeness (QED) is 0.329. The minimum atomic E-state index is 0.671. The average molecular weight is 255 g/mol. The van der Waals surface area contributed by atoms with E-state index in [2.05, 4.69) is 34.6 Å². The van der Waals surface area contributed by atoms with Crippen molar-refractivity contribution in [2.45, 2.75) is 105 Å². The van der Waals surface area contributed by atoms with Crippen molar-refractivity contribution >= 4 is 0 Å². The highest BCUT2D eigenvalue weighted by Crippen LogP contribution is 2.38. The standard InChI is InChI=1S/C18H38/c1-6-11-15-18(9-4,10-5)16-13-12-14-17(7-2)8-3/h17H,6-16H2,1-5H3. The Labute approximate surface area is 117 Å². The van der Waals surface area contributed by atoms with Gasteiger partial charge in [-0.2, -0.15) is 0 Å². The summed E-state index contributed by atoms with van der Waals surface area (Å²) in [4.78, 5) is 0. The summed E-state index contributed by atoms with van der Waals surface area (Å²) in [6.45, 7) is 11.8. The maximum atomic E-state index is 2.40. The van der Waals surface area contributed by atoms with Crippen molar-refractivity contribution < 1.29 is 0 Å². The van der Waals surface area contributed by atoms with E-state index >= 15 is 0 Å². The average Bonchev–Trinajstić information content (AvgIpc) is 2.43. The predicted octanol–water partition coefficient (Wildman–Crippen LogP) is 6.98. The topological polar surface area (TPSA) is 0 Å². The van der Waals surface area contributed by atoms with E-state index in [0.29, 0.717) is 5.41 Å². The van der Waals surface area contributed by atoms with Gasteiger partial charge in [-0.3, -0.25) is 0 Å². The van der Waals surface area contributed by atoms with Gasteiger partial charge in [-0.15, -0.1) is 0 Å². The van der Waals surface area contributed by atoms with Gasteiger partial charge in [0, 0.05) is 0 Å². The van der Waals surface area contributed by atoms with E-state index in [4.69, 9.17) is 0 Å². The summed E-state index contributed by atoms with van der Waals surface area (Å²) < 4.78 is 0. The van der Waals surface area contributed by atoms with Crippen LogP contribution in [0.5, 0.6) is 0 Å². The Morgan fingerprint density at radius 1 is 0.722 bits per heavy atom. The lowest BCUT2D eigenvalue weighted by atomic mass is 9.74. The molecule has 0 saturated heterocycles. The summed E-state index contributed by atoms with van der Waals surface area (Å²) in [6.07, 6.45) is 15.6. The van der Waals surface area contributed by atoms with Gasteiger partial charge in [0.05, 0.1) is 0 Å². The van der Waals surface area contributed by atoms with E-state index in [1.165, 1.54) is 70.6 Å². The molecule has 0 radical (unpaired) electrons. The third-order valence-electron chi connectivity index (χ3n) is 5.28. The smallest absolute Gasteiger partial charge is 0.0303 e. The van der Waals surface area contributed by atoms with Crippen molar-refractivity contribution in [2.24, 2.45) is 11.3 Å². The van der Waals surface area contributed by atoms with Crippen LogP contribution in [0.15, 0.2) is 0 Å². The van der Waals surface area contributed by atoms with Crippen molar-refractivity contribution in [3.8, 4) is 0 Å². The van der Waals surface area contributed by atoms with Gasteiger partial charge in [0.2, 0.25) is 0 Å². The molecule has 0 heterocycles. The molecule has 0 aliphatic carbocycles. The molecular weight excluding hydrogens is 216 g/mol. The summed E-state index contributed by atoms with van der Waals surface area (Å²) in [5.41, 5.74) is 0.671. The van der Waals surface area contributed by atoms with E-state index < -0.39 is 0 Å². The molecule has 0 aromatic heterocycles. The number of unbranched alkanes of at least 4 members (excludes halogenated alkanes) is 2. The minimum absolute atomic E-state index is 0.671. The summed E-state index contributed by atoms with van der Waals surface area (Å²) >= 11 is 0. The molecule has 0 heteroatoms. The number of hydrogen-bond acceptors (Lipinski definition) is 0. The summed E-state index contributed by atoms with van der Waals surface area (Å²) in [5.74, 6) is 0.985. The van der Waals surface area contributed by atoms with Gasteiger partial charge in [0.15, 0.2) is 0 Å². The molecule has 0 bridgehead atoms. The summed E-state index contributed by atoms with van der Waals surface area (Å²) in [5, 5.41) is 0. The first-order valence-corrected chi connectivity index (χ1v) is 8.67. The molecule has 0 aromatic carbocycles. The van der Waals surface area contributed by atoms with Gasteiger partial charge in [-0.1, -0.05) is 92.4 Å². The fraction of sp³-hybridized carbons (Fsp3) is 1.00. The first-order chi connectivity index (χ1) is 8.67. The summed E-state index contributed by atoms with van der Waals surface area (Å²) in [7, 11) is 0. The van der Waals surface area contributed by atoms with E-state index in [1.54, 1.807) is 0 Å². The Kier molecular flexibility index (Phi) is 10.9. The molecule has 0 nitrogen and oxygen atoms in total. The van der Waals surface area contributed by atoms with Crippen molar-refractivity contribution in [1.29, 1.82) is 0 Å². The molecule has 0 fully saturated rings. The Balaban J connectivity index is 3.96. The van der Waals surface area contributed by atoms with E-state index in [9.17, 15) is 0 Å². The van der Waals surface area contributed by atoms with Crippen LogP contribution < -0.4 is 0 Å². The van der Waals surface area contributed by atoms with Crippen LogP contribution in [-0.4, -0.2) is 0 Å². The minimum Gasteiger partial charge on any atom is -0.0654 e. The molecule has 0 unspecified atom stereocenters. The third-order valence-corrected chi connectivity index (χ3v) is 5.28. The number of rotatable bonds is 12. The zero-order valence-electron chi connectivity index (χ0n) is 13.9. The van der Waals surface area contributed by atoms with Gasteiger partial charge in [0.1, 0.15) is 0 Å². The molecular formula is C18H38. The molecule has 0 atom stereocenters. The van der Waals surface area contributed by atoms with Crippen LogP contribution in [0.2, 0.25) is 0 Å². The van der Waals surface area contributed by atoms with Crippen LogP contribution in [0.4, 0.5) is 0 Å². The van der Waals surface area contributed by atoms with Crippen molar-refractivity contribution in [3.05, 3.63) is 0 Å². The zero-order valence-corrected chi connectivity index (χ0v) is 13.9. The van der Waals surface area contributed by atoms with Crippen LogP contribution in [0.3, 0.4) is 0 Å². The Morgan fingerprint density at radius 3 is 1.72 bits per heavy atom. The molecule has 0 aliphatic heterocycles. The molecule has 0 rings (SSSR count). The largest absolute Gasteiger partial charge is 0.0654 e. The molecule has 0 saturated carbocycles. The molecule has 110 valence electrons. The lowest BCUT2D eigenvalue weighted by Gasteiger charge is -2.32. The normalized spacial score (nSPS) is 12.3. The highest BCUT2D eigenvalue weighted by Gasteiger charge is 2.24. The van der Waals surface area contributed by atoms with E-state index in [1.807, 2.05) is 0 Å². The second kappa shape index (κ2) is 10.9. The van der Waals surface area contributed by atoms with Gasteiger partial charge < -0.3 is 0 Å². The van der Waals surface area contributed by atoms with Crippen molar-refractivity contribution in [3.63, 3.8) is 0 Å². The second-order valence-electron chi connectivity index (χ2n) is 6.24. The van der Waals surface area contributed by atoms with Gasteiger partial charge in [-0.05, 0) is 24.2 Å². The molecule has 18 heavy (non-hydrogen) atoms. The van der Waals surface area contributed by atoms with Crippen LogP contribution >= 0.6 is 0 Å². The third kappa shape index (κ3) is 6.81. The first-order valence-electron chi connectivity index (χ1n) is 8.67. The monoisotopic (exact) mass is 254 g/mol.